The van der Waals surface area contributed by atoms with Gasteiger partial charge in [-0.05, 0) is 80.8 Å². The van der Waals surface area contributed by atoms with Gasteiger partial charge in [-0.1, -0.05) is 103 Å². The first-order chi connectivity index (χ1) is 18.8. The van der Waals surface area contributed by atoms with Crippen LogP contribution in [-0.2, 0) is 0 Å². The molecule has 0 aliphatic heterocycles. The van der Waals surface area contributed by atoms with Gasteiger partial charge < -0.3 is 4.57 Å². The minimum absolute atomic E-state index is 1.19. The van der Waals surface area contributed by atoms with E-state index in [1.54, 1.807) is 0 Å². The number of rotatable bonds is 3. The van der Waals surface area contributed by atoms with Crippen LogP contribution in [0.1, 0.15) is 0 Å². The molecular formula is C36H23NS. The Labute approximate surface area is 224 Å². The van der Waals surface area contributed by atoms with Crippen molar-refractivity contribution in [2.45, 2.75) is 9.79 Å². The van der Waals surface area contributed by atoms with Gasteiger partial charge in [0.1, 0.15) is 0 Å². The maximum absolute atomic E-state index is 2.37. The van der Waals surface area contributed by atoms with Gasteiger partial charge in [0.05, 0.1) is 11.0 Å². The minimum Gasteiger partial charge on any atom is -0.309 e. The summed E-state index contributed by atoms with van der Waals surface area (Å²) in [6.07, 6.45) is 0. The smallest absolute Gasteiger partial charge is 0.0541 e. The van der Waals surface area contributed by atoms with Crippen molar-refractivity contribution in [3.8, 4) is 5.69 Å². The first-order valence-electron chi connectivity index (χ1n) is 12.9. The fraction of sp³-hybridized carbons (Fsp3) is 0. The summed E-state index contributed by atoms with van der Waals surface area (Å²) >= 11 is 1.84. The molecule has 2 heteroatoms. The van der Waals surface area contributed by atoms with Crippen LogP contribution in [0.15, 0.2) is 149 Å². The maximum Gasteiger partial charge on any atom is 0.0541 e. The summed E-state index contributed by atoms with van der Waals surface area (Å²) in [5, 5.41) is 10.4. The lowest BCUT2D eigenvalue weighted by Gasteiger charge is -2.12. The molecule has 0 amide bonds. The minimum atomic E-state index is 1.19. The van der Waals surface area contributed by atoms with Crippen LogP contribution in [0.4, 0.5) is 0 Å². The molecule has 0 saturated carbocycles. The van der Waals surface area contributed by atoms with Crippen molar-refractivity contribution >= 4 is 65.9 Å². The van der Waals surface area contributed by atoms with E-state index in [0.717, 1.165) is 0 Å². The van der Waals surface area contributed by atoms with E-state index in [1.165, 1.54) is 69.6 Å². The maximum atomic E-state index is 2.37. The van der Waals surface area contributed by atoms with Crippen LogP contribution < -0.4 is 0 Å². The lowest BCUT2D eigenvalue weighted by Crippen LogP contribution is -1.92. The average Bonchev–Trinajstić information content (AvgIpc) is 3.31. The van der Waals surface area contributed by atoms with E-state index in [9.17, 15) is 0 Å². The predicted molar refractivity (Wildman–Crippen MR) is 164 cm³/mol. The van der Waals surface area contributed by atoms with Crippen LogP contribution in [0.25, 0.3) is 59.8 Å². The molecule has 0 bridgehead atoms. The van der Waals surface area contributed by atoms with Crippen molar-refractivity contribution in [3.05, 3.63) is 140 Å². The van der Waals surface area contributed by atoms with E-state index in [4.69, 9.17) is 0 Å². The Morgan fingerprint density at radius 1 is 0.342 bits per heavy atom. The van der Waals surface area contributed by atoms with Crippen molar-refractivity contribution in [3.63, 3.8) is 0 Å². The third-order valence-electron chi connectivity index (χ3n) is 7.61. The quantitative estimate of drug-likeness (QED) is 0.218. The highest BCUT2D eigenvalue weighted by Crippen LogP contribution is 2.40. The molecule has 7 aromatic carbocycles. The van der Waals surface area contributed by atoms with Crippen LogP contribution in [0, 0.1) is 0 Å². The predicted octanol–water partition coefficient (Wildman–Crippen LogP) is 10.4. The summed E-state index contributed by atoms with van der Waals surface area (Å²) in [7, 11) is 0. The zero-order valence-electron chi connectivity index (χ0n) is 20.6. The summed E-state index contributed by atoms with van der Waals surface area (Å²) in [4.78, 5) is 2.50. The Balaban J connectivity index is 1.29. The normalized spacial score (nSPS) is 11.8. The van der Waals surface area contributed by atoms with Gasteiger partial charge in [0.2, 0.25) is 0 Å². The summed E-state index contributed by atoms with van der Waals surface area (Å²) < 4.78 is 2.37. The molecule has 1 nitrogen and oxygen atoms in total. The number of hydrogen-bond donors (Lipinski definition) is 0. The largest absolute Gasteiger partial charge is 0.309 e. The molecule has 0 fully saturated rings. The monoisotopic (exact) mass is 501 g/mol. The number of benzene rings is 7. The Hall–Kier alpha value is -4.53. The molecule has 1 aromatic heterocycles. The summed E-state index contributed by atoms with van der Waals surface area (Å²) in [5.74, 6) is 0. The van der Waals surface area contributed by atoms with Crippen molar-refractivity contribution in [1.82, 2.24) is 4.57 Å². The van der Waals surface area contributed by atoms with Gasteiger partial charge in [-0.25, -0.2) is 0 Å². The molecule has 0 radical (unpaired) electrons. The third-order valence-corrected chi connectivity index (χ3v) is 8.59. The third kappa shape index (κ3) is 3.27. The average molecular weight is 502 g/mol. The van der Waals surface area contributed by atoms with Crippen LogP contribution in [0.2, 0.25) is 0 Å². The summed E-state index contributed by atoms with van der Waals surface area (Å²) in [5.41, 5.74) is 3.66. The molecule has 8 rings (SSSR count). The first-order valence-corrected chi connectivity index (χ1v) is 13.8. The standard InChI is InChI=1S/C36H23NS/c1-2-10-24(11-3-1)37-35-17-9-8-16-32(35)34-23-26(19-21-36(34)37)38-25-18-20-31-29-14-5-4-12-27(29)28-13-6-7-15-30(28)33(31)22-25/h1-23H. The van der Waals surface area contributed by atoms with Gasteiger partial charge in [-0.3, -0.25) is 0 Å². The van der Waals surface area contributed by atoms with Gasteiger partial charge in [0.25, 0.3) is 0 Å². The topological polar surface area (TPSA) is 4.93 Å². The van der Waals surface area contributed by atoms with Crippen molar-refractivity contribution in [2.24, 2.45) is 0 Å². The van der Waals surface area contributed by atoms with Gasteiger partial charge in [-0.15, -0.1) is 0 Å². The van der Waals surface area contributed by atoms with E-state index in [1.807, 2.05) is 11.8 Å². The highest BCUT2D eigenvalue weighted by Gasteiger charge is 2.13. The van der Waals surface area contributed by atoms with Crippen LogP contribution in [0.3, 0.4) is 0 Å². The second-order valence-electron chi connectivity index (χ2n) is 9.77. The van der Waals surface area contributed by atoms with Gasteiger partial charge in [0.15, 0.2) is 0 Å². The fourth-order valence-corrected chi connectivity index (χ4v) is 6.85. The van der Waals surface area contributed by atoms with Crippen molar-refractivity contribution < 1.29 is 0 Å². The van der Waals surface area contributed by atoms with E-state index >= 15 is 0 Å². The molecule has 38 heavy (non-hydrogen) atoms. The number of para-hydroxylation sites is 2. The Morgan fingerprint density at radius 2 is 0.816 bits per heavy atom. The first kappa shape index (κ1) is 21.5. The van der Waals surface area contributed by atoms with Gasteiger partial charge in [0, 0.05) is 26.3 Å². The second kappa shape index (κ2) is 8.51. The van der Waals surface area contributed by atoms with E-state index in [0.29, 0.717) is 0 Å². The molecule has 0 unspecified atom stereocenters. The molecule has 1 heterocycles. The Morgan fingerprint density at radius 3 is 1.50 bits per heavy atom. The molecule has 0 aliphatic carbocycles. The zero-order chi connectivity index (χ0) is 25.1. The highest BCUT2D eigenvalue weighted by atomic mass is 32.2. The van der Waals surface area contributed by atoms with Crippen molar-refractivity contribution in [2.75, 3.05) is 0 Å². The molecule has 8 aromatic rings. The van der Waals surface area contributed by atoms with Crippen LogP contribution in [0.5, 0.6) is 0 Å². The lowest BCUT2D eigenvalue weighted by atomic mass is 9.94. The summed E-state index contributed by atoms with van der Waals surface area (Å²) in [6.45, 7) is 0. The van der Waals surface area contributed by atoms with E-state index < -0.39 is 0 Å². The Kier molecular flexibility index (Phi) is 4.83. The molecule has 178 valence electrons. The molecule has 0 atom stereocenters. The number of nitrogens with zero attached hydrogens (tertiary/aromatic N) is 1. The highest BCUT2D eigenvalue weighted by molar-refractivity contribution is 7.99. The van der Waals surface area contributed by atoms with Crippen LogP contribution in [-0.4, -0.2) is 4.57 Å². The van der Waals surface area contributed by atoms with Crippen LogP contribution >= 0.6 is 11.8 Å². The number of hydrogen-bond acceptors (Lipinski definition) is 1. The molecule has 0 N–H and O–H groups in total. The SMILES string of the molecule is c1ccc(-n2c3ccccc3c3cc(Sc4ccc5c6ccccc6c6ccccc6c5c4)ccc32)cc1. The van der Waals surface area contributed by atoms with E-state index in [-0.39, 0.29) is 0 Å². The molecule has 0 saturated heterocycles. The zero-order valence-corrected chi connectivity index (χ0v) is 21.5. The number of fused-ring (bicyclic) bond motifs is 9. The number of aromatic nitrogens is 1. The lowest BCUT2D eigenvalue weighted by molar-refractivity contribution is 1.18. The van der Waals surface area contributed by atoms with Gasteiger partial charge >= 0.3 is 0 Å². The second-order valence-corrected chi connectivity index (χ2v) is 10.9. The summed E-state index contributed by atoms with van der Waals surface area (Å²) in [6, 6.07) is 50.7. The van der Waals surface area contributed by atoms with Gasteiger partial charge in [-0.2, -0.15) is 0 Å². The fourth-order valence-electron chi connectivity index (χ4n) is 5.96. The molecule has 0 aliphatic rings. The molecule has 0 spiro atoms. The van der Waals surface area contributed by atoms with E-state index in [2.05, 4.69) is 144 Å². The van der Waals surface area contributed by atoms with Crippen molar-refractivity contribution in [1.29, 1.82) is 0 Å². The Bertz CT molecular complexity index is 2120. The molecular weight excluding hydrogens is 478 g/mol.